The summed E-state index contributed by atoms with van der Waals surface area (Å²) in [6.45, 7) is 10.9. The van der Waals surface area contributed by atoms with Crippen LogP contribution < -0.4 is 5.32 Å². The monoisotopic (exact) mass is 557 g/mol. The number of nitrogens with one attached hydrogen (secondary N) is 1. The van der Waals surface area contributed by atoms with Crippen LogP contribution in [0.3, 0.4) is 0 Å². The molecule has 2 aromatic rings. The number of carbonyl (C=O) groups is 3. The van der Waals surface area contributed by atoms with Gasteiger partial charge in [0.2, 0.25) is 11.8 Å². The molecule has 2 aliphatic heterocycles. The number of likely N-dealkylation sites (tertiary alicyclic amines) is 1. The van der Waals surface area contributed by atoms with Gasteiger partial charge in [0.1, 0.15) is 23.3 Å². The quantitative estimate of drug-likeness (QED) is 0.569. The van der Waals surface area contributed by atoms with E-state index in [1.54, 1.807) is 48.1 Å². The number of aryl methyl sites for hydroxylation is 1. The van der Waals surface area contributed by atoms with Gasteiger partial charge in [-0.2, -0.15) is 0 Å². The maximum absolute atomic E-state index is 13.6. The molecule has 0 spiro atoms. The third kappa shape index (κ3) is 7.43. The smallest absolute Gasteiger partial charge is 0.410 e. The zero-order valence-corrected chi connectivity index (χ0v) is 24.3. The molecule has 0 aromatic carbocycles. The van der Waals surface area contributed by atoms with Gasteiger partial charge >= 0.3 is 6.09 Å². The van der Waals surface area contributed by atoms with Crippen LogP contribution in [0.1, 0.15) is 70.5 Å². The van der Waals surface area contributed by atoms with E-state index in [-0.39, 0.29) is 24.3 Å². The Morgan fingerprint density at radius 1 is 1.10 bits per heavy atom. The molecule has 1 unspecified atom stereocenters. The van der Waals surface area contributed by atoms with Crippen LogP contribution >= 0.6 is 11.3 Å². The van der Waals surface area contributed by atoms with Gasteiger partial charge in [0, 0.05) is 56.3 Å². The second-order valence-electron chi connectivity index (χ2n) is 11.1. The number of piperidine rings is 1. The lowest BCUT2D eigenvalue weighted by atomic mass is 9.95. The summed E-state index contributed by atoms with van der Waals surface area (Å²) in [4.78, 5) is 58.4. The van der Waals surface area contributed by atoms with Gasteiger partial charge in [0.25, 0.3) is 0 Å². The van der Waals surface area contributed by atoms with Gasteiger partial charge < -0.3 is 24.8 Å². The molecule has 4 rings (SSSR count). The van der Waals surface area contributed by atoms with Gasteiger partial charge in [0.05, 0.1) is 6.54 Å². The topological polar surface area (TPSA) is 121 Å². The fourth-order valence-electron chi connectivity index (χ4n) is 4.91. The Bertz CT molecular complexity index is 1170. The Hall–Kier alpha value is -3.28. The highest BCUT2D eigenvalue weighted by Crippen LogP contribution is 2.29. The molecule has 39 heavy (non-hydrogen) atoms. The summed E-state index contributed by atoms with van der Waals surface area (Å²) in [6.07, 6.45) is 6.71. The van der Waals surface area contributed by atoms with Crippen LogP contribution in [0.2, 0.25) is 0 Å². The number of nitrogens with zero attached hydrogens (tertiary/aromatic N) is 6. The van der Waals surface area contributed by atoms with Crippen LogP contribution in [-0.2, 0) is 20.7 Å². The highest BCUT2D eigenvalue weighted by Gasteiger charge is 2.40. The van der Waals surface area contributed by atoms with E-state index in [4.69, 9.17) is 9.72 Å². The van der Waals surface area contributed by atoms with Crippen molar-refractivity contribution in [3.05, 3.63) is 29.2 Å². The standard InChI is InChI=1S/C27H39N7O4S/c1-6-7-20-16-29-25(39-20)31-22-8-11-28-23(30-22)19-9-12-32(13-10-19)24(36)21-17-33(14-15-34(21)18(2)35)26(37)38-27(3,4)5/h8,11,16,19,21H,6-7,9-10,12-15,17H2,1-5H3,(H,28,29,30,31). The fraction of sp³-hybridized carbons (Fsp3) is 0.630. The van der Waals surface area contributed by atoms with Crippen molar-refractivity contribution >= 4 is 40.2 Å². The largest absolute Gasteiger partial charge is 0.444 e. The van der Waals surface area contributed by atoms with Gasteiger partial charge in [-0.25, -0.2) is 19.7 Å². The lowest BCUT2D eigenvalue weighted by molar-refractivity contribution is -0.148. The lowest BCUT2D eigenvalue weighted by Crippen LogP contribution is -2.62. The van der Waals surface area contributed by atoms with Crippen molar-refractivity contribution in [3.63, 3.8) is 0 Å². The van der Waals surface area contributed by atoms with Crippen LogP contribution in [0.5, 0.6) is 0 Å². The van der Waals surface area contributed by atoms with Crippen LogP contribution in [0, 0.1) is 0 Å². The number of thiazole rings is 1. The molecule has 12 heteroatoms. The first-order chi connectivity index (χ1) is 18.5. The summed E-state index contributed by atoms with van der Waals surface area (Å²) in [6, 6.07) is 1.11. The van der Waals surface area contributed by atoms with Gasteiger partial charge in [-0.15, -0.1) is 11.3 Å². The van der Waals surface area contributed by atoms with Gasteiger partial charge in [-0.3, -0.25) is 9.59 Å². The summed E-state index contributed by atoms with van der Waals surface area (Å²) in [5, 5.41) is 4.10. The predicted molar refractivity (Wildman–Crippen MR) is 149 cm³/mol. The summed E-state index contributed by atoms with van der Waals surface area (Å²) < 4.78 is 5.50. The zero-order chi connectivity index (χ0) is 28.2. The van der Waals surface area contributed by atoms with E-state index in [2.05, 4.69) is 22.2 Å². The first-order valence-electron chi connectivity index (χ1n) is 13.6. The third-order valence-corrected chi connectivity index (χ3v) is 7.83. The van der Waals surface area contributed by atoms with Crippen molar-refractivity contribution in [2.75, 3.05) is 38.0 Å². The first kappa shape index (κ1) is 28.7. The molecule has 0 aliphatic carbocycles. The maximum atomic E-state index is 13.6. The Morgan fingerprint density at radius 3 is 2.51 bits per heavy atom. The van der Waals surface area contributed by atoms with Crippen LogP contribution in [0.4, 0.5) is 15.7 Å². The van der Waals surface area contributed by atoms with Crippen molar-refractivity contribution in [2.45, 2.75) is 77.9 Å². The minimum Gasteiger partial charge on any atom is -0.444 e. The van der Waals surface area contributed by atoms with E-state index in [9.17, 15) is 14.4 Å². The highest BCUT2D eigenvalue weighted by atomic mass is 32.1. The molecule has 212 valence electrons. The molecular formula is C27H39N7O4S. The normalized spacial score (nSPS) is 18.7. The number of anilines is 2. The molecule has 0 saturated carbocycles. The van der Waals surface area contributed by atoms with Crippen molar-refractivity contribution in [2.24, 2.45) is 0 Å². The minimum absolute atomic E-state index is 0.122. The molecule has 0 radical (unpaired) electrons. The van der Waals surface area contributed by atoms with Gasteiger partial charge in [-0.05, 0) is 46.1 Å². The molecule has 4 heterocycles. The number of aromatic nitrogens is 3. The van der Waals surface area contributed by atoms with Gasteiger partial charge in [0.15, 0.2) is 5.13 Å². The highest BCUT2D eigenvalue weighted by molar-refractivity contribution is 7.15. The Labute approximate surface area is 234 Å². The molecule has 1 atom stereocenters. The average molecular weight is 558 g/mol. The first-order valence-corrected chi connectivity index (χ1v) is 14.4. The van der Waals surface area contributed by atoms with Crippen LogP contribution in [0.15, 0.2) is 18.5 Å². The average Bonchev–Trinajstić information content (AvgIpc) is 3.34. The van der Waals surface area contributed by atoms with E-state index < -0.39 is 17.7 Å². The number of hydrogen-bond donors (Lipinski definition) is 1. The van der Waals surface area contributed by atoms with E-state index in [1.807, 2.05) is 12.3 Å². The Kier molecular flexibility index (Phi) is 9.04. The molecule has 2 saturated heterocycles. The molecule has 2 aliphatic rings. The van der Waals surface area contributed by atoms with Crippen molar-refractivity contribution in [1.82, 2.24) is 29.7 Å². The van der Waals surface area contributed by atoms with E-state index in [0.717, 1.165) is 36.6 Å². The molecule has 2 fully saturated rings. The SMILES string of the molecule is CCCc1cnc(Nc2ccnc(C3CCN(C(=O)C4CN(C(=O)OC(C)(C)C)CCN4C(C)=O)CC3)n2)s1. The van der Waals surface area contributed by atoms with Crippen LogP contribution in [0.25, 0.3) is 0 Å². The zero-order valence-electron chi connectivity index (χ0n) is 23.5. The van der Waals surface area contributed by atoms with E-state index in [0.29, 0.717) is 32.0 Å². The number of rotatable bonds is 6. The maximum Gasteiger partial charge on any atom is 0.410 e. The molecule has 2 aromatic heterocycles. The minimum atomic E-state index is -0.722. The van der Waals surface area contributed by atoms with Crippen LogP contribution in [-0.4, -0.2) is 91.9 Å². The van der Waals surface area contributed by atoms with Gasteiger partial charge in [-0.1, -0.05) is 13.3 Å². The number of carbonyl (C=O) groups excluding carboxylic acids is 3. The second-order valence-corrected chi connectivity index (χ2v) is 12.2. The number of ether oxygens (including phenoxy) is 1. The molecule has 0 bridgehead atoms. The summed E-state index contributed by atoms with van der Waals surface area (Å²) >= 11 is 1.63. The molecule has 1 N–H and O–H groups in total. The molecular weight excluding hydrogens is 518 g/mol. The lowest BCUT2D eigenvalue weighted by Gasteiger charge is -2.43. The number of piperazine rings is 1. The fourth-order valence-corrected chi connectivity index (χ4v) is 5.83. The summed E-state index contributed by atoms with van der Waals surface area (Å²) in [5.41, 5.74) is -0.636. The van der Waals surface area contributed by atoms with E-state index in [1.165, 1.54) is 16.7 Å². The number of hydrogen-bond acceptors (Lipinski definition) is 9. The molecule has 3 amide bonds. The second kappa shape index (κ2) is 12.3. The Morgan fingerprint density at radius 2 is 1.85 bits per heavy atom. The summed E-state index contributed by atoms with van der Waals surface area (Å²) in [7, 11) is 0. The predicted octanol–water partition coefficient (Wildman–Crippen LogP) is 3.80. The van der Waals surface area contributed by atoms with E-state index >= 15 is 0 Å². The van der Waals surface area contributed by atoms with Crippen molar-refractivity contribution in [3.8, 4) is 0 Å². The summed E-state index contributed by atoms with van der Waals surface area (Å²) in [5.74, 6) is 1.26. The van der Waals surface area contributed by atoms with Crippen molar-refractivity contribution in [1.29, 1.82) is 0 Å². The van der Waals surface area contributed by atoms with Crippen molar-refractivity contribution < 1.29 is 19.1 Å². The number of amides is 3. The Balaban J connectivity index is 1.37. The third-order valence-electron chi connectivity index (χ3n) is 6.85. The molecule has 11 nitrogen and oxygen atoms in total.